The highest BCUT2D eigenvalue weighted by atomic mass is 79.9. The van der Waals surface area contributed by atoms with E-state index in [1.165, 1.54) is 0 Å². The van der Waals surface area contributed by atoms with Gasteiger partial charge in [-0.25, -0.2) is 0 Å². The molecule has 1 aliphatic rings. The number of amides is 2. The van der Waals surface area contributed by atoms with E-state index in [-0.39, 0.29) is 25.2 Å². The van der Waals surface area contributed by atoms with E-state index >= 15 is 0 Å². The molecule has 152 valence electrons. The van der Waals surface area contributed by atoms with Crippen LogP contribution in [0.2, 0.25) is 0 Å². The smallest absolute Gasteiger partial charge is 0.262 e. The number of ether oxygens (including phenoxy) is 3. The van der Waals surface area contributed by atoms with Gasteiger partial charge in [-0.05, 0) is 48.5 Å². The minimum Gasteiger partial charge on any atom is -0.483 e. The predicted molar refractivity (Wildman–Crippen MR) is 115 cm³/mol. The lowest BCUT2D eigenvalue weighted by Crippen LogP contribution is -2.21. The zero-order valence-corrected chi connectivity index (χ0v) is 17.3. The molecule has 0 unspecified atom stereocenters. The van der Waals surface area contributed by atoms with E-state index in [0.717, 1.165) is 4.47 Å². The van der Waals surface area contributed by atoms with E-state index < -0.39 is 0 Å². The summed E-state index contributed by atoms with van der Waals surface area (Å²) >= 11 is 3.34. The topological polar surface area (TPSA) is 85.9 Å². The van der Waals surface area contributed by atoms with Crippen molar-refractivity contribution in [3.63, 3.8) is 0 Å². The summed E-state index contributed by atoms with van der Waals surface area (Å²) in [6, 6.07) is 19.1. The van der Waals surface area contributed by atoms with Crippen molar-refractivity contribution < 1.29 is 23.8 Å². The van der Waals surface area contributed by atoms with Crippen LogP contribution in [0.15, 0.2) is 71.2 Å². The molecule has 8 heteroatoms. The van der Waals surface area contributed by atoms with Gasteiger partial charge in [-0.3, -0.25) is 9.59 Å². The molecule has 1 aliphatic heterocycles. The summed E-state index contributed by atoms with van der Waals surface area (Å²) < 4.78 is 17.1. The lowest BCUT2D eigenvalue weighted by atomic mass is 10.1. The number of fused-ring (bicyclic) bond motifs is 1. The Labute approximate surface area is 181 Å². The molecule has 1 heterocycles. The standard InChI is InChI=1S/C22H17BrN2O5/c23-14-5-7-15(8-6-14)24-21(26)12-28-18-4-2-1-3-17(18)22(27)25-16-9-10-19-20(11-16)30-13-29-19/h1-11H,12-13H2,(H,24,26)(H,25,27). The van der Waals surface area contributed by atoms with Crippen LogP contribution in [-0.4, -0.2) is 25.2 Å². The molecule has 0 spiro atoms. The molecule has 30 heavy (non-hydrogen) atoms. The van der Waals surface area contributed by atoms with Crippen LogP contribution in [0.25, 0.3) is 0 Å². The highest BCUT2D eigenvalue weighted by Gasteiger charge is 2.17. The Morgan fingerprint density at radius 3 is 2.47 bits per heavy atom. The van der Waals surface area contributed by atoms with Crippen molar-refractivity contribution in [2.75, 3.05) is 24.0 Å². The number of para-hydroxylation sites is 1. The Bertz CT molecular complexity index is 1090. The maximum Gasteiger partial charge on any atom is 0.262 e. The molecule has 0 aliphatic carbocycles. The molecule has 0 aromatic heterocycles. The Kier molecular flexibility index (Phi) is 5.85. The first kappa shape index (κ1) is 19.8. The molecule has 3 aromatic carbocycles. The number of carbonyl (C=O) groups is 2. The third-order valence-corrected chi connectivity index (χ3v) is 4.78. The van der Waals surface area contributed by atoms with Crippen LogP contribution >= 0.6 is 15.9 Å². The summed E-state index contributed by atoms with van der Waals surface area (Å²) in [6.45, 7) is -0.0733. The van der Waals surface area contributed by atoms with Crippen molar-refractivity contribution in [2.24, 2.45) is 0 Å². The molecular weight excluding hydrogens is 452 g/mol. The molecule has 0 saturated carbocycles. The average Bonchev–Trinajstić information content (AvgIpc) is 3.22. The van der Waals surface area contributed by atoms with Gasteiger partial charge in [0, 0.05) is 21.9 Å². The molecule has 3 aromatic rings. The van der Waals surface area contributed by atoms with Gasteiger partial charge in [-0.1, -0.05) is 28.1 Å². The van der Waals surface area contributed by atoms with E-state index in [9.17, 15) is 9.59 Å². The quantitative estimate of drug-likeness (QED) is 0.558. The van der Waals surface area contributed by atoms with E-state index in [1.807, 2.05) is 12.1 Å². The van der Waals surface area contributed by atoms with E-state index in [1.54, 1.807) is 54.6 Å². The van der Waals surface area contributed by atoms with Crippen LogP contribution < -0.4 is 24.8 Å². The lowest BCUT2D eigenvalue weighted by molar-refractivity contribution is -0.118. The monoisotopic (exact) mass is 468 g/mol. The van der Waals surface area contributed by atoms with Crippen LogP contribution in [0.4, 0.5) is 11.4 Å². The van der Waals surface area contributed by atoms with Gasteiger partial charge in [0.15, 0.2) is 18.1 Å². The Morgan fingerprint density at radius 1 is 0.900 bits per heavy atom. The van der Waals surface area contributed by atoms with Crippen molar-refractivity contribution >= 4 is 39.1 Å². The Balaban J connectivity index is 1.40. The van der Waals surface area contributed by atoms with Gasteiger partial charge >= 0.3 is 0 Å². The number of rotatable bonds is 6. The van der Waals surface area contributed by atoms with Crippen LogP contribution in [-0.2, 0) is 4.79 Å². The summed E-state index contributed by atoms with van der Waals surface area (Å²) in [5, 5.41) is 5.54. The molecule has 0 bridgehead atoms. The molecule has 0 saturated heterocycles. The Morgan fingerprint density at radius 2 is 1.63 bits per heavy atom. The lowest BCUT2D eigenvalue weighted by Gasteiger charge is -2.12. The van der Waals surface area contributed by atoms with Gasteiger partial charge in [-0.2, -0.15) is 0 Å². The minimum absolute atomic E-state index is 0.158. The number of hydrogen-bond acceptors (Lipinski definition) is 5. The molecule has 0 fully saturated rings. The summed E-state index contributed by atoms with van der Waals surface area (Å²) in [7, 11) is 0. The highest BCUT2D eigenvalue weighted by Crippen LogP contribution is 2.34. The van der Waals surface area contributed by atoms with Crippen molar-refractivity contribution in [1.82, 2.24) is 0 Å². The fourth-order valence-corrected chi connectivity index (χ4v) is 3.09. The fourth-order valence-electron chi connectivity index (χ4n) is 2.83. The molecular formula is C22H17BrN2O5. The number of hydrogen-bond donors (Lipinski definition) is 2. The maximum atomic E-state index is 12.7. The number of benzene rings is 3. The molecule has 2 N–H and O–H groups in total. The predicted octanol–water partition coefficient (Wildman–Crippen LogP) is 4.45. The van der Waals surface area contributed by atoms with Crippen LogP contribution in [0.3, 0.4) is 0 Å². The highest BCUT2D eigenvalue weighted by molar-refractivity contribution is 9.10. The number of anilines is 2. The van der Waals surface area contributed by atoms with Gasteiger partial charge in [-0.15, -0.1) is 0 Å². The van der Waals surface area contributed by atoms with Gasteiger partial charge in [0.05, 0.1) is 5.56 Å². The zero-order chi connectivity index (χ0) is 20.9. The fraction of sp³-hybridized carbons (Fsp3) is 0.0909. The second-order valence-electron chi connectivity index (χ2n) is 6.36. The average molecular weight is 469 g/mol. The largest absolute Gasteiger partial charge is 0.483 e. The molecule has 2 amide bonds. The van der Waals surface area contributed by atoms with E-state index in [2.05, 4.69) is 26.6 Å². The van der Waals surface area contributed by atoms with E-state index in [0.29, 0.717) is 34.2 Å². The summed E-state index contributed by atoms with van der Waals surface area (Å²) in [5.41, 5.74) is 1.53. The third-order valence-electron chi connectivity index (χ3n) is 4.25. The Hall–Kier alpha value is -3.52. The number of nitrogens with one attached hydrogen (secondary N) is 2. The summed E-state index contributed by atoms with van der Waals surface area (Å²) in [6.07, 6.45) is 0. The van der Waals surface area contributed by atoms with Gasteiger partial charge in [0.1, 0.15) is 5.75 Å². The van der Waals surface area contributed by atoms with Gasteiger partial charge < -0.3 is 24.8 Å². The zero-order valence-electron chi connectivity index (χ0n) is 15.7. The van der Waals surface area contributed by atoms with Crippen molar-refractivity contribution in [3.8, 4) is 17.2 Å². The van der Waals surface area contributed by atoms with Crippen LogP contribution in [0.5, 0.6) is 17.2 Å². The van der Waals surface area contributed by atoms with E-state index in [4.69, 9.17) is 14.2 Å². The normalized spacial score (nSPS) is 11.6. The number of halogens is 1. The van der Waals surface area contributed by atoms with Crippen molar-refractivity contribution in [1.29, 1.82) is 0 Å². The van der Waals surface area contributed by atoms with Crippen LogP contribution in [0, 0.1) is 0 Å². The van der Waals surface area contributed by atoms with Crippen molar-refractivity contribution in [3.05, 3.63) is 76.8 Å². The van der Waals surface area contributed by atoms with Crippen molar-refractivity contribution in [2.45, 2.75) is 0 Å². The molecule has 4 rings (SSSR count). The molecule has 0 atom stereocenters. The first-order valence-electron chi connectivity index (χ1n) is 9.07. The third kappa shape index (κ3) is 4.72. The second kappa shape index (κ2) is 8.87. The SMILES string of the molecule is O=C(COc1ccccc1C(=O)Nc1ccc2c(c1)OCO2)Nc1ccc(Br)cc1. The molecule has 7 nitrogen and oxygen atoms in total. The van der Waals surface area contributed by atoms with Gasteiger partial charge in [0.2, 0.25) is 6.79 Å². The summed E-state index contributed by atoms with van der Waals surface area (Å²) in [5.74, 6) is 0.818. The number of carbonyl (C=O) groups excluding carboxylic acids is 2. The van der Waals surface area contributed by atoms with Crippen LogP contribution in [0.1, 0.15) is 10.4 Å². The van der Waals surface area contributed by atoms with Gasteiger partial charge in [0.25, 0.3) is 11.8 Å². The molecule has 0 radical (unpaired) electrons. The first-order chi connectivity index (χ1) is 14.6. The first-order valence-corrected chi connectivity index (χ1v) is 9.86. The maximum absolute atomic E-state index is 12.7. The minimum atomic E-state index is -0.363. The second-order valence-corrected chi connectivity index (χ2v) is 7.28. The summed E-state index contributed by atoms with van der Waals surface area (Å²) in [4.78, 5) is 24.9.